The Morgan fingerprint density at radius 1 is 1.05 bits per heavy atom. The van der Waals surface area contributed by atoms with Crippen molar-refractivity contribution in [1.29, 1.82) is 0 Å². The lowest BCUT2D eigenvalue weighted by atomic mass is 10.1. The van der Waals surface area contributed by atoms with Crippen LogP contribution in [0.25, 0.3) is 5.78 Å². The maximum absolute atomic E-state index is 12.4. The zero-order chi connectivity index (χ0) is 26.8. The first-order chi connectivity index (χ1) is 17.4. The summed E-state index contributed by atoms with van der Waals surface area (Å²) in [4.78, 5) is 33.2. The standard InChI is InChI=1S/C22H23F6N7O2/c23-21(24,25)5-3-17(36)33-18(13-1-2-13)16-4-7-34-12-15(31-20(34)32-16)10-29-19(37)14-9-30-35(11-14)8-6-22(26,27)28/h4,7,9,11-13,18H,1-3,5-6,8,10H2,(H,29,37)(H,33,36). The first-order valence-corrected chi connectivity index (χ1v) is 11.4. The molecule has 37 heavy (non-hydrogen) atoms. The molecule has 0 bridgehead atoms. The summed E-state index contributed by atoms with van der Waals surface area (Å²) in [5, 5.41) is 9.02. The zero-order valence-corrected chi connectivity index (χ0v) is 19.3. The fourth-order valence-electron chi connectivity index (χ4n) is 3.67. The summed E-state index contributed by atoms with van der Waals surface area (Å²) >= 11 is 0. The molecule has 1 atom stereocenters. The molecule has 0 radical (unpaired) electrons. The quantitative estimate of drug-likeness (QED) is 0.388. The first kappa shape index (κ1) is 26.4. The van der Waals surface area contributed by atoms with Crippen LogP contribution in [-0.2, 0) is 17.9 Å². The molecule has 1 fully saturated rings. The molecule has 3 heterocycles. The number of carbonyl (C=O) groups is 2. The van der Waals surface area contributed by atoms with Crippen LogP contribution in [0.4, 0.5) is 26.3 Å². The summed E-state index contributed by atoms with van der Waals surface area (Å²) in [6, 6.07) is 1.12. The summed E-state index contributed by atoms with van der Waals surface area (Å²) < 4.78 is 77.0. The van der Waals surface area contributed by atoms with Gasteiger partial charge in [-0.2, -0.15) is 31.4 Å². The monoisotopic (exact) mass is 531 g/mol. The molecule has 0 spiro atoms. The highest BCUT2D eigenvalue weighted by Crippen LogP contribution is 2.40. The molecule has 3 aromatic rings. The van der Waals surface area contributed by atoms with Gasteiger partial charge in [-0.1, -0.05) is 0 Å². The topological polar surface area (TPSA) is 106 Å². The number of aromatic nitrogens is 5. The van der Waals surface area contributed by atoms with E-state index in [2.05, 4.69) is 25.7 Å². The van der Waals surface area contributed by atoms with Crippen LogP contribution in [0, 0.1) is 5.92 Å². The van der Waals surface area contributed by atoms with Crippen molar-refractivity contribution in [2.24, 2.45) is 5.92 Å². The molecule has 9 nitrogen and oxygen atoms in total. The molecule has 4 rings (SSSR count). The third kappa shape index (κ3) is 7.67. The molecule has 1 saturated carbocycles. The van der Waals surface area contributed by atoms with Crippen molar-refractivity contribution in [3.63, 3.8) is 0 Å². The van der Waals surface area contributed by atoms with Crippen LogP contribution in [0.2, 0.25) is 0 Å². The second kappa shape index (κ2) is 10.4. The fraction of sp³-hybridized carbons (Fsp3) is 0.500. The van der Waals surface area contributed by atoms with Crippen molar-refractivity contribution in [3.05, 3.63) is 47.8 Å². The van der Waals surface area contributed by atoms with E-state index in [1.54, 1.807) is 22.9 Å². The van der Waals surface area contributed by atoms with E-state index in [1.807, 2.05) is 0 Å². The van der Waals surface area contributed by atoms with E-state index in [1.165, 1.54) is 12.4 Å². The van der Waals surface area contributed by atoms with E-state index >= 15 is 0 Å². The number of alkyl halides is 6. The van der Waals surface area contributed by atoms with Gasteiger partial charge >= 0.3 is 12.4 Å². The minimum atomic E-state index is -4.42. The number of amides is 2. The SMILES string of the molecule is O=C(CCC(F)(F)F)NC(c1ccn2cc(CNC(=O)c3cnn(CCC(F)(F)F)c3)nc2n1)C1CC1. The van der Waals surface area contributed by atoms with E-state index in [4.69, 9.17) is 0 Å². The second-order valence-electron chi connectivity index (χ2n) is 8.83. The molecule has 1 unspecified atom stereocenters. The Bertz CT molecular complexity index is 1260. The van der Waals surface area contributed by atoms with Crippen LogP contribution in [0.5, 0.6) is 0 Å². The average Bonchev–Trinajstić information content (AvgIpc) is 3.39. The number of rotatable bonds is 10. The number of aryl methyl sites for hydroxylation is 1. The molecule has 1 aliphatic rings. The summed E-state index contributed by atoms with van der Waals surface area (Å²) in [5.41, 5.74) is 1.02. The molecule has 200 valence electrons. The van der Waals surface area contributed by atoms with E-state index in [-0.39, 0.29) is 23.8 Å². The van der Waals surface area contributed by atoms with Gasteiger partial charge < -0.3 is 10.6 Å². The number of hydrogen-bond acceptors (Lipinski definition) is 5. The van der Waals surface area contributed by atoms with Gasteiger partial charge in [0, 0.05) is 31.6 Å². The Kier molecular flexibility index (Phi) is 7.41. The molecule has 15 heteroatoms. The summed E-state index contributed by atoms with van der Waals surface area (Å²) in [6.45, 7) is -0.395. The van der Waals surface area contributed by atoms with Gasteiger partial charge in [0.2, 0.25) is 11.7 Å². The van der Waals surface area contributed by atoms with Gasteiger partial charge in [-0.15, -0.1) is 0 Å². The van der Waals surface area contributed by atoms with E-state index < -0.39 is 56.0 Å². The van der Waals surface area contributed by atoms with Gasteiger partial charge in [0.1, 0.15) is 0 Å². The minimum absolute atomic E-state index is 0.00545. The fourth-order valence-corrected chi connectivity index (χ4v) is 3.67. The van der Waals surface area contributed by atoms with Crippen molar-refractivity contribution in [2.75, 3.05) is 0 Å². The molecular weight excluding hydrogens is 508 g/mol. The second-order valence-corrected chi connectivity index (χ2v) is 8.83. The van der Waals surface area contributed by atoms with Gasteiger partial charge in [0.15, 0.2) is 0 Å². The molecule has 1 aliphatic carbocycles. The van der Waals surface area contributed by atoms with Crippen LogP contribution in [0.3, 0.4) is 0 Å². The van der Waals surface area contributed by atoms with Gasteiger partial charge in [-0.05, 0) is 24.8 Å². The number of imidazole rings is 1. The van der Waals surface area contributed by atoms with Crippen LogP contribution in [0.15, 0.2) is 30.9 Å². The van der Waals surface area contributed by atoms with Crippen molar-refractivity contribution < 1.29 is 35.9 Å². The van der Waals surface area contributed by atoms with Crippen molar-refractivity contribution in [3.8, 4) is 0 Å². The predicted molar refractivity (Wildman–Crippen MR) is 116 cm³/mol. The molecule has 0 aliphatic heterocycles. The van der Waals surface area contributed by atoms with Crippen LogP contribution in [0.1, 0.15) is 59.9 Å². The highest BCUT2D eigenvalue weighted by Gasteiger charge is 2.35. The van der Waals surface area contributed by atoms with Gasteiger partial charge in [-0.3, -0.25) is 18.7 Å². The molecular formula is C22H23F6N7O2. The highest BCUT2D eigenvalue weighted by molar-refractivity contribution is 5.93. The number of nitrogens with zero attached hydrogens (tertiary/aromatic N) is 5. The predicted octanol–water partition coefficient (Wildman–Crippen LogP) is 3.72. The Labute approximate surface area is 206 Å². The molecule has 2 amide bonds. The lowest BCUT2D eigenvalue weighted by Gasteiger charge is -2.18. The normalized spacial score (nSPS) is 15.1. The summed E-state index contributed by atoms with van der Waals surface area (Å²) in [7, 11) is 0. The smallest absolute Gasteiger partial charge is 0.347 e. The van der Waals surface area contributed by atoms with E-state index in [0.717, 1.165) is 17.5 Å². The third-order valence-corrected chi connectivity index (χ3v) is 5.71. The molecule has 2 N–H and O–H groups in total. The Morgan fingerprint density at radius 2 is 1.78 bits per heavy atom. The van der Waals surface area contributed by atoms with Gasteiger partial charge in [-0.25, -0.2) is 9.97 Å². The van der Waals surface area contributed by atoms with Gasteiger partial charge in [0.25, 0.3) is 5.91 Å². The van der Waals surface area contributed by atoms with Gasteiger partial charge in [0.05, 0.1) is 48.6 Å². The lowest BCUT2D eigenvalue weighted by molar-refractivity contribution is -0.144. The van der Waals surface area contributed by atoms with Crippen molar-refractivity contribution >= 4 is 17.6 Å². The average molecular weight is 531 g/mol. The van der Waals surface area contributed by atoms with Crippen LogP contribution in [-0.4, -0.2) is 48.3 Å². The minimum Gasteiger partial charge on any atom is -0.347 e. The van der Waals surface area contributed by atoms with Crippen molar-refractivity contribution in [1.82, 2.24) is 34.8 Å². The number of carbonyl (C=O) groups excluding carboxylic acids is 2. The zero-order valence-electron chi connectivity index (χ0n) is 19.3. The maximum Gasteiger partial charge on any atom is 0.390 e. The Morgan fingerprint density at radius 3 is 2.46 bits per heavy atom. The van der Waals surface area contributed by atoms with E-state index in [9.17, 15) is 35.9 Å². The van der Waals surface area contributed by atoms with Crippen molar-refractivity contribution in [2.45, 2.75) is 63.6 Å². The number of nitrogens with one attached hydrogen (secondary N) is 2. The summed E-state index contributed by atoms with van der Waals surface area (Å²) in [5.74, 6) is -0.892. The highest BCUT2D eigenvalue weighted by atomic mass is 19.4. The first-order valence-electron chi connectivity index (χ1n) is 11.4. The van der Waals surface area contributed by atoms with Crippen LogP contribution < -0.4 is 10.6 Å². The molecule has 0 saturated heterocycles. The maximum atomic E-state index is 12.4. The number of hydrogen-bond donors (Lipinski definition) is 2. The lowest BCUT2D eigenvalue weighted by Crippen LogP contribution is -2.31. The third-order valence-electron chi connectivity index (χ3n) is 5.71. The summed E-state index contributed by atoms with van der Waals surface area (Å²) in [6.07, 6.45) is -4.39. The van der Waals surface area contributed by atoms with Crippen LogP contribution >= 0.6 is 0 Å². The Balaban J connectivity index is 1.36. The largest absolute Gasteiger partial charge is 0.390 e. The number of halogens is 6. The molecule has 3 aromatic heterocycles. The van der Waals surface area contributed by atoms with E-state index in [0.29, 0.717) is 11.4 Å². The molecule has 0 aromatic carbocycles. The number of fused-ring (bicyclic) bond motifs is 1. The Hall–Kier alpha value is -3.65.